The van der Waals surface area contributed by atoms with Crippen molar-refractivity contribution in [3.8, 4) is 0 Å². The molecular weight excluding hydrogens is 410 g/mol. The van der Waals surface area contributed by atoms with Crippen LogP contribution in [0.1, 0.15) is 43.7 Å². The van der Waals surface area contributed by atoms with E-state index in [2.05, 4.69) is 10.6 Å². The average Bonchev–Trinajstić information content (AvgIpc) is 2.79. The smallest absolute Gasteiger partial charge is 0.315 e. The van der Waals surface area contributed by atoms with E-state index in [-0.39, 0.29) is 23.9 Å². The van der Waals surface area contributed by atoms with Crippen molar-refractivity contribution in [1.82, 2.24) is 15.5 Å². The first-order valence-corrected chi connectivity index (χ1v) is 11.4. The third-order valence-electron chi connectivity index (χ3n) is 6.21. The molecule has 1 saturated carbocycles. The lowest BCUT2D eigenvalue weighted by atomic mass is 9.78. The van der Waals surface area contributed by atoms with Crippen molar-refractivity contribution in [3.05, 3.63) is 70.7 Å². The van der Waals surface area contributed by atoms with Crippen molar-refractivity contribution in [2.45, 2.75) is 51.7 Å². The first-order valence-electron chi connectivity index (χ1n) is 11.0. The molecule has 1 fully saturated rings. The molecule has 31 heavy (non-hydrogen) atoms. The van der Waals surface area contributed by atoms with Crippen LogP contribution >= 0.6 is 11.6 Å². The Morgan fingerprint density at radius 2 is 1.65 bits per heavy atom. The van der Waals surface area contributed by atoms with Crippen LogP contribution < -0.4 is 10.6 Å². The summed E-state index contributed by atoms with van der Waals surface area (Å²) >= 11 is 5.89. The van der Waals surface area contributed by atoms with Gasteiger partial charge in [-0.15, -0.1) is 0 Å². The van der Waals surface area contributed by atoms with Crippen molar-refractivity contribution in [1.29, 1.82) is 0 Å². The molecule has 6 heteroatoms. The maximum atomic E-state index is 12.9. The first kappa shape index (κ1) is 23.1. The molecule has 0 radical (unpaired) electrons. The lowest BCUT2D eigenvalue weighted by molar-refractivity contribution is -0.136. The third kappa shape index (κ3) is 7.00. The molecule has 1 unspecified atom stereocenters. The van der Waals surface area contributed by atoms with E-state index < -0.39 is 0 Å². The fraction of sp³-hybridized carbons (Fsp3) is 0.440. The average molecular weight is 442 g/mol. The molecule has 0 saturated heterocycles. The molecule has 0 heterocycles. The van der Waals surface area contributed by atoms with E-state index in [1.165, 1.54) is 0 Å². The summed E-state index contributed by atoms with van der Waals surface area (Å²) in [5.41, 5.74) is 2.15. The van der Waals surface area contributed by atoms with Crippen LogP contribution in [0, 0.1) is 11.8 Å². The zero-order valence-electron chi connectivity index (χ0n) is 18.3. The van der Waals surface area contributed by atoms with E-state index in [0.717, 1.165) is 36.8 Å². The van der Waals surface area contributed by atoms with Gasteiger partial charge < -0.3 is 15.5 Å². The van der Waals surface area contributed by atoms with Gasteiger partial charge in [0.25, 0.3) is 0 Å². The number of benzene rings is 2. The van der Waals surface area contributed by atoms with Crippen molar-refractivity contribution in [2.24, 2.45) is 11.8 Å². The monoisotopic (exact) mass is 441 g/mol. The van der Waals surface area contributed by atoms with Gasteiger partial charge in [-0.2, -0.15) is 0 Å². The second-order valence-electron chi connectivity index (χ2n) is 8.53. The minimum absolute atomic E-state index is 0.00612. The number of hydrogen-bond acceptors (Lipinski definition) is 2. The van der Waals surface area contributed by atoms with Crippen molar-refractivity contribution in [3.63, 3.8) is 0 Å². The van der Waals surface area contributed by atoms with Crippen LogP contribution in [0.5, 0.6) is 0 Å². The van der Waals surface area contributed by atoms with E-state index in [1.807, 2.05) is 73.5 Å². The summed E-state index contributed by atoms with van der Waals surface area (Å²) in [6.45, 7) is 3.15. The second-order valence-corrected chi connectivity index (χ2v) is 8.97. The number of nitrogens with one attached hydrogen (secondary N) is 2. The number of nitrogens with zero attached hydrogens (tertiary/aromatic N) is 1. The van der Waals surface area contributed by atoms with Crippen LogP contribution in [0.4, 0.5) is 4.79 Å². The quantitative estimate of drug-likeness (QED) is 0.635. The summed E-state index contributed by atoms with van der Waals surface area (Å²) in [6, 6.07) is 17.5. The molecular formula is C25H32ClN3O2. The molecule has 3 rings (SSSR count). The van der Waals surface area contributed by atoms with Crippen LogP contribution in [0.3, 0.4) is 0 Å². The highest BCUT2D eigenvalue weighted by Crippen LogP contribution is 2.31. The standard InChI is InChI=1S/C25H32ClN3O2/c1-18(24(30)29(2)17-20-6-4-3-5-7-20)21-10-14-23(15-11-21)28-25(31)27-16-19-8-12-22(26)13-9-19/h3-9,12-13,18,21,23H,10-11,14-17H2,1-2H3,(H2,27,28,31). The van der Waals surface area contributed by atoms with Gasteiger partial charge in [0.15, 0.2) is 0 Å². The Morgan fingerprint density at radius 1 is 1.00 bits per heavy atom. The number of halogens is 1. The van der Waals surface area contributed by atoms with Crippen LogP contribution in [0.15, 0.2) is 54.6 Å². The van der Waals surface area contributed by atoms with Gasteiger partial charge in [-0.1, -0.05) is 61.0 Å². The zero-order valence-corrected chi connectivity index (χ0v) is 19.1. The van der Waals surface area contributed by atoms with Crippen LogP contribution in [0.25, 0.3) is 0 Å². The highest BCUT2D eigenvalue weighted by molar-refractivity contribution is 6.30. The summed E-state index contributed by atoms with van der Waals surface area (Å²) in [6.07, 6.45) is 3.71. The van der Waals surface area contributed by atoms with E-state index in [1.54, 1.807) is 0 Å². The predicted molar refractivity (Wildman–Crippen MR) is 125 cm³/mol. The third-order valence-corrected chi connectivity index (χ3v) is 6.46. The normalized spacial score (nSPS) is 19.3. The SMILES string of the molecule is CC(C(=O)N(C)Cc1ccccc1)C1CCC(NC(=O)NCc2ccc(Cl)cc2)CC1. The summed E-state index contributed by atoms with van der Waals surface area (Å²) in [4.78, 5) is 26.9. The topological polar surface area (TPSA) is 61.4 Å². The first-order chi connectivity index (χ1) is 14.9. The molecule has 0 aliphatic heterocycles. The Kier molecular flexibility index (Phi) is 8.35. The Bertz CT molecular complexity index is 849. The molecule has 2 aromatic carbocycles. The maximum Gasteiger partial charge on any atom is 0.315 e. The molecule has 2 N–H and O–H groups in total. The number of rotatable bonds is 7. The van der Waals surface area contributed by atoms with Gasteiger partial charge in [-0.25, -0.2) is 4.79 Å². The molecule has 0 aromatic heterocycles. The Balaban J connectivity index is 1.39. The predicted octanol–water partition coefficient (Wildman–Crippen LogP) is 4.99. The molecule has 1 aliphatic rings. The molecule has 2 aromatic rings. The maximum absolute atomic E-state index is 12.9. The second kappa shape index (κ2) is 11.2. The van der Waals surface area contributed by atoms with E-state index in [9.17, 15) is 9.59 Å². The van der Waals surface area contributed by atoms with Gasteiger partial charge in [0.2, 0.25) is 5.91 Å². The number of carbonyl (C=O) groups excluding carboxylic acids is 2. The molecule has 3 amide bonds. The van der Waals surface area contributed by atoms with Crippen molar-refractivity contribution >= 4 is 23.5 Å². The lowest BCUT2D eigenvalue weighted by Gasteiger charge is -2.33. The largest absolute Gasteiger partial charge is 0.341 e. The Hall–Kier alpha value is -2.53. The Labute approximate surface area is 190 Å². The number of urea groups is 1. The van der Waals surface area contributed by atoms with Gasteiger partial charge in [0.1, 0.15) is 0 Å². The molecule has 166 valence electrons. The van der Waals surface area contributed by atoms with Gasteiger partial charge in [0.05, 0.1) is 0 Å². The zero-order chi connectivity index (χ0) is 22.2. The Morgan fingerprint density at radius 3 is 2.29 bits per heavy atom. The minimum Gasteiger partial charge on any atom is -0.341 e. The number of hydrogen-bond donors (Lipinski definition) is 2. The fourth-order valence-corrected chi connectivity index (χ4v) is 4.40. The van der Waals surface area contributed by atoms with Crippen molar-refractivity contribution < 1.29 is 9.59 Å². The minimum atomic E-state index is -0.148. The lowest BCUT2D eigenvalue weighted by Crippen LogP contribution is -2.44. The molecule has 0 bridgehead atoms. The highest BCUT2D eigenvalue weighted by Gasteiger charge is 2.31. The van der Waals surface area contributed by atoms with Gasteiger partial charge in [-0.05, 0) is 54.9 Å². The van der Waals surface area contributed by atoms with Gasteiger partial charge in [0, 0.05) is 37.1 Å². The van der Waals surface area contributed by atoms with Crippen molar-refractivity contribution in [2.75, 3.05) is 7.05 Å². The van der Waals surface area contributed by atoms with E-state index in [0.29, 0.717) is 24.0 Å². The fourth-order valence-electron chi connectivity index (χ4n) is 4.27. The number of carbonyl (C=O) groups is 2. The summed E-state index contributed by atoms with van der Waals surface area (Å²) in [7, 11) is 1.88. The van der Waals surface area contributed by atoms with Crippen LogP contribution in [-0.2, 0) is 17.9 Å². The summed E-state index contributed by atoms with van der Waals surface area (Å²) in [5.74, 6) is 0.551. The summed E-state index contributed by atoms with van der Waals surface area (Å²) < 4.78 is 0. The molecule has 5 nitrogen and oxygen atoms in total. The number of amides is 3. The molecule has 1 aliphatic carbocycles. The molecule has 1 atom stereocenters. The highest BCUT2D eigenvalue weighted by atomic mass is 35.5. The summed E-state index contributed by atoms with van der Waals surface area (Å²) in [5, 5.41) is 6.66. The molecule has 0 spiro atoms. The van der Waals surface area contributed by atoms with E-state index >= 15 is 0 Å². The van der Waals surface area contributed by atoms with Gasteiger partial charge >= 0.3 is 6.03 Å². The van der Waals surface area contributed by atoms with Crippen LogP contribution in [0.2, 0.25) is 5.02 Å². The van der Waals surface area contributed by atoms with Crippen LogP contribution in [-0.4, -0.2) is 29.9 Å². The van der Waals surface area contributed by atoms with E-state index in [4.69, 9.17) is 11.6 Å². The van der Waals surface area contributed by atoms with Gasteiger partial charge in [-0.3, -0.25) is 4.79 Å².